The van der Waals surface area contributed by atoms with E-state index < -0.39 is 0 Å². The number of hydrogen-bond donors (Lipinski definition) is 3. The van der Waals surface area contributed by atoms with Crippen LogP contribution in [0.1, 0.15) is 16.8 Å². The summed E-state index contributed by atoms with van der Waals surface area (Å²) < 4.78 is 0. The van der Waals surface area contributed by atoms with E-state index in [4.69, 9.17) is 0 Å². The maximum Gasteiger partial charge on any atom is 0.255 e. The number of pyridine rings is 2. The molecule has 2 heterocycles. The van der Waals surface area contributed by atoms with Crippen molar-refractivity contribution < 1.29 is 4.79 Å². The Bertz CT molecular complexity index is 1210. The molecule has 2 aromatic carbocycles. The van der Waals surface area contributed by atoms with Gasteiger partial charge in [-0.3, -0.25) is 4.79 Å². The standard InChI is InChI=1S/C26H28N6O/c1-32(2)18-6-16-27-24-14-13-22-23(15-17-28-25(22)31-24)29-20-9-11-21(12-10-20)30-26(33)19-7-4-3-5-8-19/h3-5,7-15,17H,6,16,18H2,1-2H3,(H,30,33)(H2,27,28,29,31). The van der Waals surface area contributed by atoms with Gasteiger partial charge in [0.1, 0.15) is 5.82 Å². The molecule has 0 aliphatic heterocycles. The molecule has 33 heavy (non-hydrogen) atoms. The lowest BCUT2D eigenvalue weighted by atomic mass is 10.2. The number of carbonyl (C=O) groups is 1. The van der Waals surface area contributed by atoms with Gasteiger partial charge in [-0.15, -0.1) is 0 Å². The van der Waals surface area contributed by atoms with Crippen LogP contribution >= 0.6 is 0 Å². The van der Waals surface area contributed by atoms with Crippen LogP contribution < -0.4 is 16.0 Å². The van der Waals surface area contributed by atoms with Gasteiger partial charge in [-0.25, -0.2) is 9.97 Å². The lowest BCUT2D eigenvalue weighted by Gasteiger charge is -2.12. The first-order valence-electron chi connectivity index (χ1n) is 11.0. The third-order valence-electron chi connectivity index (χ3n) is 5.15. The molecule has 0 saturated carbocycles. The van der Waals surface area contributed by atoms with Crippen molar-refractivity contribution >= 4 is 39.8 Å². The molecule has 4 aromatic rings. The average Bonchev–Trinajstić information content (AvgIpc) is 2.83. The summed E-state index contributed by atoms with van der Waals surface area (Å²) in [7, 11) is 4.14. The van der Waals surface area contributed by atoms with Gasteiger partial charge in [0, 0.05) is 35.1 Å². The van der Waals surface area contributed by atoms with E-state index in [0.29, 0.717) is 11.2 Å². The van der Waals surface area contributed by atoms with Gasteiger partial charge in [0.25, 0.3) is 5.91 Å². The van der Waals surface area contributed by atoms with Gasteiger partial charge in [0.05, 0.1) is 5.69 Å². The Morgan fingerprint density at radius 1 is 0.909 bits per heavy atom. The van der Waals surface area contributed by atoms with E-state index in [2.05, 4.69) is 44.9 Å². The van der Waals surface area contributed by atoms with Crippen LogP contribution in [0.4, 0.5) is 22.9 Å². The Morgan fingerprint density at radius 3 is 2.42 bits per heavy atom. The number of nitrogens with one attached hydrogen (secondary N) is 3. The zero-order valence-electron chi connectivity index (χ0n) is 18.9. The summed E-state index contributed by atoms with van der Waals surface area (Å²) in [5.41, 5.74) is 3.88. The number of benzene rings is 2. The highest BCUT2D eigenvalue weighted by Crippen LogP contribution is 2.26. The number of anilines is 4. The van der Waals surface area contributed by atoms with Gasteiger partial charge < -0.3 is 20.9 Å². The van der Waals surface area contributed by atoms with Crippen molar-refractivity contribution in [3.63, 3.8) is 0 Å². The second-order valence-corrected chi connectivity index (χ2v) is 8.03. The van der Waals surface area contributed by atoms with Gasteiger partial charge >= 0.3 is 0 Å². The van der Waals surface area contributed by atoms with Crippen molar-refractivity contribution in [1.29, 1.82) is 0 Å². The predicted octanol–water partition coefficient (Wildman–Crippen LogP) is 4.99. The van der Waals surface area contributed by atoms with Crippen LogP contribution in [0.15, 0.2) is 79.0 Å². The van der Waals surface area contributed by atoms with Crippen molar-refractivity contribution in [2.24, 2.45) is 0 Å². The van der Waals surface area contributed by atoms with E-state index in [1.807, 2.05) is 60.7 Å². The number of nitrogens with zero attached hydrogens (tertiary/aromatic N) is 3. The van der Waals surface area contributed by atoms with Crippen LogP contribution in [0.25, 0.3) is 11.0 Å². The Kier molecular flexibility index (Phi) is 7.12. The summed E-state index contributed by atoms with van der Waals surface area (Å²) >= 11 is 0. The summed E-state index contributed by atoms with van der Waals surface area (Å²) in [5, 5.41) is 10.6. The van der Waals surface area contributed by atoms with Gasteiger partial charge in [0.15, 0.2) is 5.65 Å². The number of aromatic nitrogens is 2. The van der Waals surface area contributed by atoms with Crippen LogP contribution in [-0.4, -0.2) is 48.0 Å². The van der Waals surface area contributed by atoms with Crippen molar-refractivity contribution in [3.8, 4) is 0 Å². The predicted molar refractivity (Wildman–Crippen MR) is 135 cm³/mol. The molecule has 0 atom stereocenters. The quantitative estimate of drug-likeness (QED) is 0.318. The second-order valence-electron chi connectivity index (χ2n) is 8.03. The van der Waals surface area contributed by atoms with E-state index in [-0.39, 0.29) is 5.91 Å². The normalized spacial score (nSPS) is 10.9. The average molecular weight is 441 g/mol. The van der Waals surface area contributed by atoms with Crippen molar-refractivity contribution in [1.82, 2.24) is 14.9 Å². The lowest BCUT2D eigenvalue weighted by Crippen LogP contribution is -2.16. The minimum Gasteiger partial charge on any atom is -0.370 e. The molecular formula is C26H28N6O. The number of hydrogen-bond acceptors (Lipinski definition) is 6. The molecule has 1 amide bonds. The Morgan fingerprint density at radius 2 is 1.67 bits per heavy atom. The third-order valence-corrected chi connectivity index (χ3v) is 5.15. The van der Waals surface area contributed by atoms with Crippen LogP contribution in [0, 0.1) is 0 Å². The van der Waals surface area contributed by atoms with E-state index in [9.17, 15) is 4.79 Å². The Hall–Kier alpha value is -3.97. The van der Waals surface area contributed by atoms with Crippen molar-refractivity contribution in [2.75, 3.05) is 43.1 Å². The summed E-state index contributed by atoms with van der Waals surface area (Å²) in [6, 6.07) is 22.7. The first-order valence-corrected chi connectivity index (χ1v) is 11.0. The lowest BCUT2D eigenvalue weighted by molar-refractivity contribution is 0.102. The molecular weight excluding hydrogens is 412 g/mol. The topological polar surface area (TPSA) is 82.2 Å². The molecule has 0 fully saturated rings. The van der Waals surface area contributed by atoms with Gasteiger partial charge in [-0.1, -0.05) is 18.2 Å². The highest BCUT2D eigenvalue weighted by Gasteiger charge is 2.07. The Labute approximate surface area is 193 Å². The Balaban J connectivity index is 1.41. The van der Waals surface area contributed by atoms with Crippen molar-refractivity contribution in [2.45, 2.75) is 6.42 Å². The molecule has 0 aliphatic carbocycles. The summed E-state index contributed by atoms with van der Waals surface area (Å²) in [6.07, 6.45) is 2.80. The molecule has 4 rings (SSSR count). The van der Waals surface area contributed by atoms with E-state index in [1.165, 1.54) is 0 Å². The SMILES string of the molecule is CN(C)CCCNc1ccc2c(Nc3ccc(NC(=O)c4ccccc4)cc3)ccnc2n1. The molecule has 0 unspecified atom stereocenters. The summed E-state index contributed by atoms with van der Waals surface area (Å²) in [5.74, 6) is 0.693. The number of rotatable bonds is 9. The van der Waals surface area contributed by atoms with E-state index in [0.717, 1.165) is 47.8 Å². The summed E-state index contributed by atoms with van der Waals surface area (Å²) in [4.78, 5) is 23.6. The molecule has 0 saturated heterocycles. The van der Waals surface area contributed by atoms with Crippen LogP contribution in [0.2, 0.25) is 0 Å². The second kappa shape index (κ2) is 10.6. The minimum absolute atomic E-state index is 0.131. The smallest absolute Gasteiger partial charge is 0.255 e. The van der Waals surface area contributed by atoms with Crippen LogP contribution in [-0.2, 0) is 0 Å². The molecule has 3 N–H and O–H groups in total. The van der Waals surface area contributed by atoms with E-state index in [1.54, 1.807) is 18.3 Å². The fraction of sp³-hybridized carbons (Fsp3) is 0.192. The monoisotopic (exact) mass is 440 g/mol. The van der Waals surface area contributed by atoms with Gasteiger partial charge in [-0.2, -0.15) is 0 Å². The maximum atomic E-state index is 12.3. The fourth-order valence-corrected chi connectivity index (χ4v) is 3.43. The fourth-order valence-electron chi connectivity index (χ4n) is 3.43. The maximum absolute atomic E-state index is 12.3. The first kappa shape index (κ1) is 22.2. The van der Waals surface area contributed by atoms with Crippen LogP contribution in [0.5, 0.6) is 0 Å². The molecule has 7 heteroatoms. The highest BCUT2D eigenvalue weighted by molar-refractivity contribution is 6.04. The number of fused-ring (bicyclic) bond motifs is 1. The summed E-state index contributed by atoms with van der Waals surface area (Å²) in [6.45, 7) is 1.89. The number of amides is 1. The van der Waals surface area contributed by atoms with Crippen molar-refractivity contribution in [3.05, 3.63) is 84.6 Å². The van der Waals surface area contributed by atoms with Gasteiger partial charge in [0.2, 0.25) is 0 Å². The minimum atomic E-state index is -0.131. The van der Waals surface area contributed by atoms with Crippen LogP contribution in [0.3, 0.4) is 0 Å². The zero-order chi connectivity index (χ0) is 23.0. The van der Waals surface area contributed by atoms with E-state index >= 15 is 0 Å². The third kappa shape index (κ3) is 6.05. The molecule has 168 valence electrons. The van der Waals surface area contributed by atoms with Gasteiger partial charge in [-0.05, 0) is 81.7 Å². The largest absolute Gasteiger partial charge is 0.370 e. The first-order chi connectivity index (χ1) is 16.1. The molecule has 0 aliphatic rings. The molecule has 0 bridgehead atoms. The molecule has 2 aromatic heterocycles. The number of carbonyl (C=O) groups excluding carboxylic acids is 1. The molecule has 7 nitrogen and oxygen atoms in total. The molecule has 0 radical (unpaired) electrons. The zero-order valence-corrected chi connectivity index (χ0v) is 18.9. The molecule has 0 spiro atoms. The highest BCUT2D eigenvalue weighted by atomic mass is 16.1.